The Balaban J connectivity index is 1.44. The zero-order chi connectivity index (χ0) is 28.3. The van der Waals surface area contributed by atoms with Crippen molar-refractivity contribution in [2.24, 2.45) is 0 Å². The van der Waals surface area contributed by atoms with Crippen molar-refractivity contribution in [3.05, 3.63) is 118 Å². The smallest absolute Gasteiger partial charge is 0.244 e. The summed E-state index contributed by atoms with van der Waals surface area (Å²) in [6.07, 6.45) is 3.40. The van der Waals surface area contributed by atoms with Crippen LogP contribution < -0.4 is 4.74 Å². The Bertz CT molecular complexity index is 1640. The van der Waals surface area contributed by atoms with Crippen LogP contribution in [-0.4, -0.2) is 47.4 Å². The van der Waals surface area contributed by atoms with E-state index in [1.165, 1.54) is 41.9 Å². The van der Waals surface area contributed by atoms with Crippen molar-refractivity contribution in [3.63, 3.8) is 0 Å². The minimum Gasteiger partial charge on any atom is -0.495 e. The molecule has 0 aliphatic carbocycles. The molecular formula is C30H26ClN3O5S. The molecule has 3 heterocycles. The normalized spacial score (nSPS) is 15.8. The number of benzene rings is 2. The fourth-order valence-electron chi connectivity index (χ4n) is 4.69. The average molecular weight is 576 g/mol. The quantitative estimate of drug-likeness (QED) is 0.285. The maximum Gasteiger partial charge on any atom is 0.244 e. The molecule has 2 aromatic heterocycles. The van der Waals surface area contributed by atoms with Gasteiger partial charge in [-0.15, -0.1) is 0 Å². The summed E-state index contributed by atoms with van der Waals surface area (Å²) in [6.45, 7) is 0.00188. The van der Waals surface area contributed by atoms with E-state index in [0.29, 0.717) is 38.9 Å². The van der Waals surface area contributed by atoms with Crippen molar-refractivity contribution in [1.82, 2.24) is 14.3 Å². The van der Waals surface area contributed by atoms with Crippen molar-refractivity contribution in [2.45, 2.75) is 36.7 Å². The number of halogens is 1. The highest BCUT2D eigenvalue weighted by Crippen LogP contribution is 2.30. The first-order valence-corrected chi connectivity index (χ1v) is 14.4. The Morgan fingerprint density at radius 2 is 1.80 bits per heavy atom. The molecule has 5 rings (SSSR count). The summed E-state index contributed by atoms with van der Waals surface area (Å²) in [4.78, 5) is 34.9. The molecule has 1 aliphatic rings. The van der Waals surface area contributed by atoms with E-state index in [1.54, 1.807) is 54.7 Å². The van der Waals surface area contributed by atoms with E-state index in [0.717, 1.165) is 0 Å². The number of Topliss-reactive ketones (excluding diaryl/α,β-unsaturated/α-hetero) is 2. The van der Waals surface area contributed by atoms with Crippen molar-refractivity contribution in [1.29, 1.82) is 0 Å². The number of aromatic nitrogens is 2. The molecule has 10 heteroatoms. The minimum absolute atomic E-state index is 0.00188. The Morgan fingerprint density at radius 1 is 1.00 bits per heavy atom. The number of hydrogen-bond donors (Lipinski definition) is 0. The lowest BCUT2D eigenvalue weighted by Gasteiger charge is -2.28. The molecule has 0 unspecified atom stereocenters. The number of hydrogen-bond acceptors (Lipinski definition) is 7. The number of methoxy groups -OCH3 is 1. The highest BCUT2D eigenvalue weighted by molar-refractivity contribution is 7.89. The van der Waals surface area contributed by atoms with Crippen LogP contribution in [0.25, 0.3) is 0 Å². The van der Waals surface area contributed by atoms with Crippen molar-refractivity contribution in [3.8, 4) is 5.75 Å². The van der Waals surface area contributed by atoms with Crippen LogP contribution in [0.15, 0.2) is 90.1 Å². The third-order valence-corrected chi connectivity index (χ3v) is 8.97. The zero-order valence-electron chi connectivity index (χ0n) is 21.7. The summed E-state index contributed by atoms with van der Waals surface area (Å²) in [5.41, 5.74) is 2.95. The topological polar surface area (TPSA) is 107 Å². The van der Waals surface area contributed by atoms with Gasteiger partial charge in [-0.1, -0.05) is 35.9 Å². The highest BCUT2D eigenvalue weighted by Gasteiger charge is 2.39. The van der Waals surface area contributed by atoms with Gasteiger partial charge in [0.25, 0.3) is 0 Å². The molecule has 40 heavy (non-hydrogen) atoms. The van der Waals surface area contributed by atoms with Gasteiger partial charge in [-0.3, -0.25) is 19.6 Å². The largest absolute Gasteiger partial charge is 0.495 e. The summed E-state index contributed by atoms with van der Waals surface area (Å²) in [5, 5.41) is 0.481. The molecule has 0 saturated heterocycles. The Morgan fingerprint density at radius 3 is 2.48 bits per heavy atom. The van der Waals surface area contributed by atoms with Gasteiger partial charge < -0.3 is 4.74 Å². The molecule has 0 saturated carbocycles. The molecule has 0 fully saturated rings. The Labute approximate surface area is 237 Å². The minimum atomic E-state index is -4.14. The number of carbonyl (C=O) groups excluding carboxylic acids is 2. The van der Waals surface area contributed by atoms with Gasteiger partial charge in [0, 0.05) is 47.6 Å². The number of ketones is 2. The third kappa shape index (κ3) is 5.96. The molecule has 0 N–H and O–H groups in total. The number of sulfonamides is 1. The lowest BCUT2D eigenvalue weighted by Crippen LogP contribution is -2.45. The standard InChI is InChI=1S/C30H26ClN3O5S/c1-39-26-10-9-25(33-18-26)17-29(35)20-6-11-27(12-7-20)40(37,38)34-19-21-5-8-23(31)14-22(21)15-30(36)28(34)16-24-4-2-3-13-32-24/h2-14,18,28H,15-17,19H2,1H3/t28-/m0/s1. The van der Waals surface area contributed by atoms with Crippen LogP contribution in [0.2, 0.25) is 5.02 Å². The van der Waals surface area contributed by atoms with Gasteiger partial charge in [-0.25, -0.2) is 8.42 Å². The predicted octanol–water partition coefficient (Wildman–Crippen LogP) is 4.49. The van der Waals surface area contributed by atoms with E-state index in [1.807, 2.05) is 0 Å². The van der Waals surface area contributed by atoms with Crippen LogP contribution in [0.4, 0.5) is 0 Å². The number of fused-ring (bicyclic) bond motifs is 1. The molecule has 8 nitrogen and oxygen atoms in total. The summed E-state index contributed by atoms with van der Waals surface area (Å²) in [5.74, 6) is 0.143. The lowest BCUT2D eigenvalue weighted by atomic mass is 10.00. The molecule has 0 radical (unpaired) electrons. The van der Waals surface area contributed by atoms with E-state index in [4.69, 9.17) is 16.3 Å². The maximum absolute atomic E-state index is 14.0. The third-order valence-electron chi connectivity index (χ3n) is 6.86. The first-order chi connectivity index (χ1) is 19.2. The molecule has 1 atom stereocenters. The van der Waals surface area contributed by atoms with Crippen LogP contribution in [0, 0.1) is 0 Å². The van der Waals surface area contributed by atoms with E-state index < -0.39 is 16.1 Å². The maximum atomic E-state index is 14.0. The van der Waals surface area contributed by atoms with Crippen molar-refractivity contribution >= 4 is 33.2 Å². The number of pyridine rings is 2. The van der Waals surface area contributed by atoms with Crippen molar-refractivity contribution in [2.75, 3.05) is 7.11 Å². The predicted molar refractivity (Wildman–Crippen MR) is 150 cm³/mol. The molecular weight excluding hydrogens is 550 g/mol. The summed E-state index contributed by atoms with van der Waals surface area (Å²) in [7, 11) is -2.60. The van der Waals surface area contributed by atoms with Crippen LogP contribution >= 0.6 is 11.6 Å². The molecule has 0 spiro atoms. The van der Waals surface area contributed by atoms with Crippen molar-refractivity contribution < 1.29 is 22.7 Å². The van der Waals surface area contributed by atoms with Gasteiger partial charge in [0.1, 0.15) is 5.75 Å². The van der Waals surface area contributed by atoms with Crippen LogP contribution in [0.1, 0.15) is 32.9 Å². The van der Waals surface area contributed by atoms with Gasteiger partial charge in [-0.05, 0) is 59.7 Å². The van der Waals surface area contributed by atoms with Gasteiger partial charge in [0.05, 0.1) is 30.7 Å². The highest BCUT2D eigenvalue weighted by atomic mass is 35.5. The van der Waals surface area contributed by atoms with E-state index in [2.05, 4.69) is 9.97 Å². The number of rotatable bonds is 8. The second-order valence-electron chi connectivity index (χ2n) is 9.46. The van der Waals surface area contributed by atoms with E-state index >= 15 is 0 Å². The zero-order valence-corrected chi connectivity index (χ0v) is 23.2. The summed E-state index contributed by atoms with van der Waals surface area (Å²) < 4.78 is 34.4. The van der Waals surface area contributed by atoms with E-state index in [-0.39, 0.29) is 42.3 Å². The number of nitrogens with zero attached hydrogens (tertiary/aromatic N) is 3. The fraction of sp³-hybridized carbons (Fsp3) is 0.200. The molecule has 4 aromatic rings. The van der Waals surface area contributed by atoms with E-state index in [9.17, 15) is 18.0 Å². The van der Waals surface area contributed by atoms with Gasteiger partial charge >= 0.3 is 0 Å². The fourth-order valence-corrected chi connectivity index (χ4v) is 6.48. The second kappa shape index (κ2) is 11.7. The van der Waals surface area contributed by atoms with Gasteiger partial charge in [-0.2, -0.15) is 4.31 Å². The molecule has 0 bridgehead atoms. The van der Waals surface area contributed by atoms with Gasteiger partial charge in [0.2, 0.25) is 10.0 Å². The average Bonchev–Trinajstić information content (AvgIpc) is 3.10. The summed E-state index contributed by atoms with van der Waals surface area (Å²) >= 11 is 6.18. The molecule has 1 aliphatic heterocycles. The van der Waals surface area contributed by atoms with Gasteiger partial charge in [0.15, 0.2) is 11.6 Å². The Kier molecular flexibility index (Phi) is 8.07. The lowest BCUT2D eigenvalue weighted by molar-refractivity contribution is -0.121. The second-order valence-corrected chi connectivity index (χ2v) is 11.8. The monoisotopic (exact) mass is 575 g/mol. The molecule has 0 amide bonds. The Hall–Kier alpha value is -3.92. The van der Waals surface area contributed by atoms with Crippen LogP contribution in [-0.2, 0) is 40.6 Å². The number of carbonyl (C=O) groups is 2. The SMILES string of the molecule is COc1ccc(CC(=O)c2ccc(S(=O)(=O)N3Cc4ccc(Cl)cc4CC(=O)[C@@H]3Cc3ccccn3)cc2)nc1. The first kappa shape index (κ1) is 27.6. The number of ether oxygens (including phenoxy) is 1. The summed E-state index contributed by atoms with van der Waals surface area (Å²) in [6, 6.07) is 18.7. The van der Waals surface area contributed by atoms with Crippen LogP contribution in [0.3, 0.4) is 0 Å². The molecule has 204 valence electrons. The first-order valence-electron chi connectivity index (χ1n) is 12.6. The van der Waals surface area contributed by atoms with Crippen LogP contribution in [0.5, 0.6) is 5.75 Å². The molecule has 2 aromatic carbocycles.